The van der Waals surface area contributed by atoms with E-state index in [-0.39, 0.29) is 11.5 Å². The van der Waals surface area contributed by atoms with E-state index in [9.17, 15) is 18.8 Å². The van der Waals surface area contributed by atoms with Crippen molar-refractivity contribution in [1.82, 2.24) is 15.6 Å². The van der Waals surface area contributed by atoms with Crippen molar-refractivity contribution in [2.75, 3.05) is 19.7 Å². The van der Waals surface area contributed by atoms with E-state index in [4.69, 9.17) is 16.3 Å². The van der Waals surface area contributed by atoms with E-state index in [2.05, 4.69) is 15.6 Å². The highest BCUT2D eigenvalue weighted by atomic mass is 35.5. The van der Waals surface area contributed by atoms with Gasteiger partial charge < -0.3 is 15.4 Å². The van der Waals surface area contributed by atoms with Crippen molar-refractivity contribution in [3.8, 4) is 0 Å². The number of hydrogen-bond acceptors (Lipinski definition) is 5. The summed E-state index contributed by atoms with van der Waals surface area (Å²) in [6, 6.07) is 8.80. The number of pyridine rings is 1. The lowest BCUT2D eigenvalue weighted by Gasteiger charge is -2.08. The largest absolute Gasteiger partial charge is 0.454 e. The number of esters is 1. The first-order valence-corrected chi connectivity index (χ1v) is 8.38. The van der Waals surface area contributed by atoms with Crippen LogP contribution in [0.3, 0.4) is 0 Å². The number of halogens is 2. The highest BCUT2D eigenvalue weighted by Gasteiger charge is 2.12. The second-order valence-corrected chi connectivity index (χ2v) is 5.87. The van der Waals surface area contributed by atoms with Crippen molar-refractivity contribution in [2.45, 2.75) is 6.42 Å². The molecule has 0 radical (unpaired) electrons. The monoisotopic (exact) mass is 393 g/mol. The van der Waals surface area contributed by atoms with Gasteiger partial charge in [-0.1, -0.05) is 23.7 Å². The molecule has 1 heterocycles. The van der Waals surface area contributed by atoms with Crippen LogP contribution in [0.25, 0.3) is 0 Å². The number of rotatable bonds is 8. The molecule has 1 aromatic carbocycles. The number of amides is 2. The van der Waals surface area contributed by atoms with Gasteiger partial charge >= 0.3 is 5.97 Å². The third-order valence-electron chi connectivity index (χ3n) is 3.36. The molecule has 0 saturated carbocycles. The van der Waals surface area contributed by atoms with Crippen LogP contribution in [0.1, 0.15) is 16.1 Å². The fourth-order valence-electron chi connectivity index (χ4n) is 2.02. The summed E-state index contributed by atoms with van der Waals surface area (Å²) in [5, 5.41) is 5.24. The van der Waals surface area contributed by atoms with Gasteiger partial charge in [-0.05, 0) is 36.2 Å². The van der Waals surface area contributed by atoms with Gasteiger partial charge in [0, 0.05) is 17.8 Å². The minimum atomic E-state index is -0.765. The molecule has 0 aliphatic heterocycles. The first kappa shape index (κ1) is 20.3. The number of carbonyl (C=O) groups is 3. The molecule has 27 heavy (non-hydrogen) atoms. The van der Waals surface area contributed by atoms with Crippen molar-refractivity contribution in [2.24, 2.45) is 0 Å². The molecule has 0 aliphatic rings. The van der Waals surface area contributed by atoms with Gasteiger partial charge in [0.15, 0.2) is 6.61 Å². The minimum absolute atomic E-state index is 0.0637. The predicted molar refractivity (Wildman–Crippen MR) is 95.7 cm³/mol. The molecular weight excluding hydrogens is 377 g/mol. The van der Waals surface area contributed by atoms with Crippen molar-refractivity contribution in [1.29, 1.82) is 0 Å². The van der Waals surface area contributed by atoms with Gasteiger partial charge in [-0.2, -0.15) is 0 Å². The van der Waals surface area contributed by atoms with Gasteiger partial charge in [-0.3, -0.25) is 19.4 Å². The number of nitrogens with one attached hydrogen (secondary N) is 2. The fraction of sp³-hybridized carbons (Fsp3) is 0.222. The Morgan fingerprint density at radius 1 is 1.11 bits per heavy atom. The lowest BCUT2D eigenvalue weighted by Crippen LogP contribution is -2.34. The van der Waals surface area contributed by atoms with Crippen LogP contribution < -0.4 is 10.6 Å². The van der Waals surface area contributed by atoms with Gasteiger partial charge in [0.1, 0.15) is 18.1 Å². The molecule has 0 spiro atoms. The van der Waals surface area contributed by atoms with Crippen molar-refractivity contribution in [3.05, 3.63) is 64.7 Å². The zero-order valence-electron chi connectivity index (χ0n) is 14.2. The summed E-state index contributed by atoms with van der Waals surface area (Å²) in [7, 11) is 0. The highest BCUT2D eigenvalue weighted by Crippen LogP contribution is 2.07. The molecule has 0 atom stereocenters. The molecule has 2 rings (SSSR count). The van der Waals surface area contributed by atoms with Gasteiger partial charge in [-0.25, -0.2) is 4.39 Å². The second kappa shape index (κ2) is 10.2. The number of benzene rings is 1. The molecule has 2 aromatic rings. The molecule has 2 N–H and O–H groups in total. The lowest BCUT2D eigenvalue weighted by atomic mass is 10.1. The molecule has 9 heteroatoms. The first-order valence-electron chi connectivity index (χ1n) is 8.00. The summed E-state index contributed by atoms with van der Waals surface area (Å²) in [4.78, 5) is 38.8. The van der Waals surface area contributed by atoms with Crippen LogP contribution in [0.2, 0.25) is 5.02 Å². The van der Waals surface area contributed by atoms with Crippen molar-refractivity contribution in [3.63, 3.8) is 0 Å². The maximum absolute atomic E-state index is 12.8. The van der Waals surface area contributed by atoms with Gasteiger partial charge in [0.25, 0.3) is 11.8 Å². The number of ether oxygens (including phenoxy) is 1. The van der Waals surface area contributed by atoms with Crippen LogP contribution in [0, 0.1) is 5.82 Å². The number of carbonyl (C=O) groups excluding carboxylic acids is 3. The van der Waals surface area contributed by atoms with Crippen LogP contribution in [0.5, 0.6) is 0 Å². The third-order valence-corrected chi connectivity index (χ3v) is 3.60. The molecule has 0 unspecified atom stereocenters. The maximum Gasteiger partial charge on any atom is 0.325 e. The molecule has 0 bridgehead atoms. The SMILES string of the molecule is O=C(COC(=O)CNC(=O)c1cc(Cl)ccn1)NCCc1ccc(F)cc1. The summed E-state index contributed by atoms with van der Waals surface area (Å²) < 4.78 is 17.6. The smallest absolute Gasteiger partial charge is 0.325 e. The van der Waals surface area contributed by atoms with Crippen LogP contribution in [-0.2, 0) is 20.7 Å². The standard InChI is InChI=1S/C18H17ClFN3O4/c19-13-6-8-21-15(9-13)18(26)23-10-17(25)27-11-16(24)22-7-5-12-1-3-14(20)4-2-12/h1-4,6,8-9H,5,7,10-11H2,(H,22,24)(H,23,26). The summed E-state index contributed by atoms with van der Waals surface area (Å²) in [6.45, 7) is -0.553. The normalized spacial score (nSPS) is 10.1. The average molecular weight is 394 g/mol. The van der Waals surface area contributed by atoms with Gasteiger partial charge in [0.05, 0.1) is 0 Å². The lowest BCUT2D eigenvalue weighted by molar-refractivity contribution is -0.147. The molecular formula is C18H17ClFN3O4. The van der Waals surface area contributed by atoms with Crippen LogP contribution >= 0.6 is 11.6 Å². The fourth-order valence-corrected chi connectivity index (χ4v) is 2.18. The Hall–Kier alpha value is -3.00. The summed E-state index contributed by atoms with van der Waals surface area (Å²) in [5.74, 6) is -2.15. The van der Waals surface area contributed by atoms with Crippen LogP contribution in [-0.4, -0.2) is 42.5 Å². The summed E-state index contributed by atoms with van der Waals surface area (Å²) in [5.41, 5.74) is 0.930. The Labute approximate surface area is 159 Å². The van der Waals surface area contributed by atoms with Crippen molar-refractivity contribution < 1.29 is 23.5 Å². The molecule has 0 fully saturated rings. The molecule has 0 saturated heterocycles. The second-order valence-electron chi connectivity index (χ2n) is 5.43. The Morgan fingerprint density at radius 2 is 1.85 bits per heavy atom. The zero-order chi connectivity index (χ0) is 19.6. The predicted octanol–water partition coefficient (Wildman–Crippen LogP) is 1.51. The molecule has 2 amide bonds. The van der Waals surface area contributed by atoms with Gasteiger partial charge in [0.2, 0.25) is 0 Å². The number of nitrogens with zero attached hydrogens (tertiary/aromatic N) is 1. The molecule has 142 valence electrons. The minimum Gasteiger partial charge on any atom is -0.454 e. The molecule has 0 aliphatic carbocycles. The van der Waals surface area contributed by atoms with E-state index < -0.39 is 30.9 Å². The van der Waals surface area contributed by atoms with E-state index in [1.807, 2.05) is 0 Å². The maximum atomic E-state index is 12.8. The van der Waals surface area contributed by atoms with Crippen molar-refractivity contribution >= 4 is 29.4 Å². The number of aromatic nitrogens is 1. The van der Waals surface area contributed by atoms with E-state index >= 15 is 0 Å². The Kier molecular flexibility index (Phi) is 7.69. The highest BCUT2D eigenvalue weighted by molar-refractivity contribution is 6.30. The Balaban J connectivity index is 1.62. The average Bonchev–Trinajstić information content (AvgIpc) is 2.66. The topological polar surface area (TPSA) is 97.4 Å². The first-order chi connectivity index (χ1) is 12.9. The molecule has 7 nitrogen and oxygen atoms in total. The van der Waals surface area contributed by atoms with Gasteiger partial charge in [-0.15, -0.1) is 0 Å². The Morgan fingerprint density at radius 3 is 2.56 bits per heavy atom. The van der Waals surface area contributed by atoms with E-state index in [0.29, 0.717) is 18.0 Å². The molecule has 1 aromatic heterocycles. The zero-order valence-corrected chi connectivity index (χ0v) is 15.0. The Bertz CT molecular complexity index is 815. The summed E-state index contributed by atoms with van der Waals surface area (Å²) in [6.07, 6.45) is 1.88. The van der Waals surface area contributed by atoms with E-state index in [1.54, 1.807) is 12.1 Å². The third kappa shape index (κ3) is 7.41. The van der Waals surface area contributed by atoms with Crippen LogP contribution in [0.4, 0.5) is 4.39 Å². The van der Waals surface area contributed by atoms with E-state index in [0.717, 1.165) is 5.56 Å². The number of hydrogen-bond donors (Lipinski definition) is 2. The quantitative estimate of drug-likeness (QED) is 0.662. The van der Waals surface area contributed by atoms with E-state index in [1.165, 1.54) is 30.5 Å². The summed E-state index contributed by atoms with van der Waals surface area (Å²) >= 11 is 5.75. The van der Waals surface area contributed by atoms with Crippen LogP contribution in [0.15, 0.2) is 42.6 Å².